The molecule has 1 N–H and O–H groups in total. The van der Waals surface area contributed by atoms with Crippen molar-refractivity contribution in [1.82, 2.24) is 9.88 Å². The fourth-order valence-electron chi connectivity index (χ4n) is 2.33. The second-order valence-electron chi connectivity index (χ2n) is 5.27. The summed E-state index contributed by atoms with van der Waals surface area (Å²) in [5.74, 6) is 1.77. The van der Waals surface area contributed by atoms with Crippen molar-refractivity contribution in [2.24, 2.45) is 11.8 Å². The molecule has 1 amide bonds. The van der Waals surface area contributed by atoms with Crippen molar-refractivity contribution in [3.63, 3.8) is 0 Å². The molecule has 1 aromatic rings. The van der Waals surface area contributed by atoms with Crippen LogP contribution in [0, 0.1) is 11.8 Å². The highest BCUT2D eigenvalue weighted by molar-refractivity contribution is 6.33. The van der Waals surface area contributed by atoms with Crippen molar-refractivity contribution in [2.45, 2.75) is 20.3 Å². The Kier molecular flexibility index (Phi) is 4.30. The number of pyridine rings is 1. The summed E-state index contributed by atoms with van der Waals surface area (Å²) in [5, 5.41) is 3.34. The fourth-order valence-corrected chi connectivity index (χ4v) is 2.51. The minimum Gasteiger partial charge on any atom is -0.373 e. The Morgan fingerprint density at radius 3 is 2.79 bits per heavy atom. The van der Waals surface area contributed by atoms with Crippen molar-refractivity contribution in [2.75, 3.05) is 25.5 Å². The molecule has 1 aliphatic rings. The Morgan fingerprint density at radius 1 is 1.42 bits per heavy atom. The Morgan fingerprint density at radius 2 is 2.16 bits per heavy atom. The van der Waals surface area contributed by atoms with E-state index in [1.54, 1.807) is 19.2 Å². The van der Waals surface area contributed by atoms with Gasteiger partial charge in [-0.05, 0) is 30.4 Å². The predicted molar refractivity (Wildman–Crippen MR) is 77.6 cm³/mol. The first-order chi connectivity index (χ1) is 9.02. The van der Waals surface area contributed by atoms with Crippen LogP contribution in [-0.2, 0) is 0 Å². The SMILES string of the molecule is CNc1ccc(Cl)c(C(=O)N2CCC(C)C(C)C2)n1. The van der Waals surface area contributed by atoms with E-state index in [2.05, 4.69) is 24.1 Å². The molecule has 0 radical (unpaired) electrons. The van der Waals surface area contributed by atoms with E-state index in [-0.39, 0.29) is 5.91 Å². The number of nitrogens with one attached hydrogen (secondary N) is 1. The first-order valence-corrected chi connectivity index (χ1v) is 7.04. The van der Waals surface area contributed by atoms with Crippen molar-refractivity contribution < 1.29 is 4.79 Å². The third-order valence-corrected chi connectivity index (χ3v) is 4.23. The van der Waals surface area contributed by atoms with Crippen LogP contribution in [0.2, 0.25) is 5.02 Å². The van der Waals surface area contributed by atoms with Gasteiger partial charge in [-0.15, -0.1) is 0 Å². The molecule has 0 aliphatic carbocycles. The first kappa shape index (κ1) is 14.1. The molecule has 2 atom stereocenters. The number of nitrogens with zero attached hydrogens (tertiary/aromatic N) is 2. The minimum absolute atomic E-state index is 0.0687. The van der Waals surface area contributed by atoms with Crippen molar-refractivity contribution >= 4 is 23.3 Å². The molecular formula is C14H20ClN3O. The molecule has 2 unspecified atom stereocenters. The molecule has 0 spiro atoms. The van der Waals surface area contributed by atoms with Crippen LogP contribution in [-0.4, -0.2) is 35.9 Å². The number of aromatic nitrogens is 1. The maximum absolute atomic E-state index is 12.5. The summed E-state index contributed by atoms with van der Waals surface area (Å²) in [6.07, 6.45) is 1.04. The van der Waals surface area contributed by atoms with Crippen LogP contribution >= 0.6 is 11.6 Å². The topological polar surface area (TPSA) is 45.2 Å². The molecule has 1 saturated heterocycles. The van der Waals surface area contributed by atoms with Gasteiger partial charge in [0.15, 0.2) is 0 Å². The van der Waals surface area contributed by atoms with Crippen LogP contribution in [0.5, 0.6) is 0 Å². The maximum Gasteiger partial charge on any atom is 0.274 e. The van der Waals surface area contributed by atoms with E-state index in [0.29, 0.717) is 28.4 Å². The summed E-state index contributed by atoms with van der Waals surface area (Å²) >= 11 is 6.09. The van der Waals surface area contributed by atoms with Crippen LogP contribution in [0.15, 0.2) is 12.1 Å². The number of amides is 1. The summed E-state index contributed by atoms with van der Waals surface area (Å²) in [5.41, 5.74) is 0.343. The molecule has 1 aromatic heterocycles. The molecule has 0 bridgehead atoms. The molecule has 1 fully saturated rings. The summed E-state index contributed by atoms with van der Waals surface area (Å²) in [7, 11) is 1.77. The maximum atomic E-state index is 12.5. The Labute approximate surface area is 119 Å². The van der Waals surface area contributed by atoms with Gasteiger partial charge in [-0.1, -0.05) is 25.4 Å². The monoisotopic (exact) mass is 281 g/mol. The molecule has 1 aliphatic heterocycles. The molecule has 104 valence electrons. The zero-order chi connectivity index (χ0) is 14.0. The van der Waals surface area contributed by atoms with Gasteiger partial charge in [0.25, 0.3) is 5.91 Å². The zero-order valence-corrected chi connectivity index (χ0v) is 12.4. The van der Waals surface area contributed by atoms with E-state index >= 15 is 0 Å². The van der Waals surface area contributed by atoms with Crippen molar-refractivity contribution in [3.05, 3.63) is 22.8 Å². The lowest BCUT2D eigenvalue weighted by Gasteiger charge is -2.35. The smallest absolute Gasteiger partial charge is 0.274 e. The highest BCUT2D eigenvalue weighted by Gasteiger charge is 2.28. The molecule has 19 heavy (non-hydrogen) atoms. The standard InChI is InChI=1S/C14H20ClN3O/c1-9-6-7-18(8-10(9)2)14(19)13-11(15)4-5-12(16-3)17-13/h4-5,9-10H,6-8H2,1-3H3,(H,16,17). The van der Waals surface area contributed by atoms with E-state index in [1.165, 1.54) is 0 Å². The average molecular weight is 282 g/mol. The van der Waals surface area contributed by atoms with Gasteiger partial charge in [0, 0.05) is 20.1 Å². The molecule has 0 aromatic carbocycles. The average Bonchev–Trinajstić information content (AvgIpc) is 2.41. The number of hydrogen-bond donors (Lipinski definition) is 1. The van der Waals surface area contributed by atoms with Gasteiger partial charge in [0.1, 0.15) is 11.5 Å². The van der Waals surface area contributed by atoms with Gasteiger partial charge in [0.05, 0.1) is 5.02 Å². The summed E-state index contributed by atoms with van der Waals surface area (Å²) in [6, 6.07) is 3.48. The lowest BCUT2D eigenvalue weighted by Crippen LogP contribution is -2.42. The van der Waals surface area contributed by atoms with E-state index in [0.717, 1.165) is 19.5 Å². The second kappa shape index (κ2) is 5.78. The van der Waals surface area contributed by atoms with Gasteiger partial charge < -0.3 is 10.2 Å². The van der Waals surface area contributed by atoms with Crippen LogP contribution in [0.3, 0.4) is 0 Å². The summed E-state index contributed by atoms with van der Waals surface area (Å²) in [6.45, 7) is 5.98. The normalized spacial score (nSPS) is 23.3. The minimum atomic E-state index is -0.0687. The molecule has 2 heterocycles. The zero-order valence-electron chi connectivity index (χ0n) is 11.6. The van der Waals surface area contributed by atoms with Gasteiger partial charge in [-0.2, -0.15) is 0 Å². The quantitative estimate of drug-likeness (QED) is 0.907. The number of carbonyl (C=O) groups excluding carboxylic acids is 1. The van der Waals surface area contributed by atoms with E-state index < -0.39 is 0 Å². The van der Waals surface area contributed by atoms with Crippen LogP contribution in [0.1, 0.15) is 30.8 Å². The molecule has 5 heteroatoms. The van der Waals surface area contributed by atoms with Crippen LogP contribution < -0.4 is 5.32 Å². The van der Waals surface area contributed by atoms with Gasteiger partial charge >= 0.3 is 0 Å². The molecule has 2 rings (SSSR count). The number of carbonyl (C=O) groups is 1. The number of likely N-dealkylation sites (tertiary alicyclic amines) is 1. The van der Waals surface area contributed by atoms with Crippen LogP contribution in [0.25, 0.3) is 0 Å². The summed E-state index contributed by atoms with van der Waals surface area (Å²) < 4.78 is 0. The summed E-state index contributed by atoms with van der Waals surface area (Å²) in [4.78, 5) is 18.6. The molecule has 4 nitrogen and oxygen atoms in total. The van der Waals surface area contributed by atoms with E-state index in [4.69, 9.17) is 11.6 Å². The van der Waals surface area contributed by atoms with Crippen LogP contribution in [0.4, 0.5) is 5.82 Å². The largest absolute Gasteiger partial charge is 0.373 e. The number of anilines is 1. The first-order valence-electron chi connectivity index (χ1n) is 6.66. The third kappa shape index (κ3) is 3.00. The fraction of sp³-hybridized carbons (Fsp3) is 0.571. The predicted octanol–water partition coefficient (Wildman–Crippen LogP) is 2.89. The number of piperidine rings is 1. The highest BCUT2D eigenvalue weighted by atomic mass is 35.5. The second-order valence-corrected chi connectivity index (χ2v) is 5.68. The number of hydrogen-bond acceptors (Lipinski definition) is 3. The lowest BCUT2D eigenvalue weighted by molar-refractivity contribution is 0.0622. The van der Waals surface area contributed by atoms with Crippen molar-refractivity contribution in [1.29, 1.82) is 0 Å². The lowest BCUT2D eigenvalue weighted by atomic mass is 9.88. The number of rotatable bonds is 2. The van der Waals surface area contributed by atoms with Gasteiger partial charge in [-0.25, -0.2) is 4.98 Å². The van der Waals surface area contributed by atoms with E-state index in [1.807, 2.05) is 4.90 Å². The Bertz CT molecular complexity index is 478. The van der Waals surface area contributed by atoms with E-state index in [9.17, 15) is 4.79 Å². The van der Waals surface area contributed by atoms with Gasteiger partial charge in [-0.3, -0.25) is 4.79 Å². The van der Waals surface area contributed by atoms with Gasteiger partial charge in [0.2, 0.25) is 0 Å². The Balaban J connectivity index is 2.20. The molecular weight excluding hydrogens is 262 g/mol. The number of halogens is 1. The highest BCUT2D eigenvalue weighted by Crippen LogP contribution is 2.25. The van der Waals surface area contributed by atoms with Crippen molar-refractivity contribution in [3.8, 4) is 0 Å². The Hall–Kier alpha value is -1.29. The molecule has 0 saturated carbocycles. The third-order valence-electron chi connectivity index (χ3n) is 3.93.